The summed E-state index contributed by atoms with van der Waals surface area (Å²) < 4.78 is 0. The van der Waals surface area contributed by atoms with E-state index in [4.69, 9.17) is 0 Å². The van der Waals surface area contributed by atoms with E-state index in [-0.39, 0.29) is 0 Å². The summed E-state index contributed by atoms with van der Waals surface area (Å²) >= 11 is 0. The Hall–Kier alpha value is -2.11. The van der Waals surface area contributed by atoms with Crippen LogP contribution in [0.25, 0.3) is 0 Å². The van der Waals surface area contributed by atoms with Crippen LogP contribution in [-0.2, 0) is 19.4 Å². The molecule has 0 aromatic carbocycles. The standard InChI is InChI=1S/C13H18N6/c1-4-11-12(5-2)18-19-13(17-11)15-8-10-6-7-14-9(3)16-10/h6-7H,4-5,8H2,1-3H3,(H,15,17,19). The average Bonchev–Trinajstić information content (AvgIpc) is 2.45. The summed E-state index contributed by atoms with van der Waals surface area (Å²) in [5, 5.41) is 11.4. The van der Waals surface area contributed by atoms with E-state index in [1.54, 1.807) is 6.20 Å². The highest BCUT2D eigenvalue weighted by molar-refractivity contribution is 5.26. The maximum Gasteiger partial charge on any atom is 0.243 e. The number of anilines is 1. The average molecular weight is 258 g/mol. The summed E-state index contributed by atoms with van der Waals surface area (Å²) in [5.41, 5.74) is 2.87. The zero-order valence-corrected chi connectivity index (χ0v) is 11.5. The summed E-state index contributed by atoms with van der Waals surface area (Å²) in [6, 6.07) is 1.87. The lowest BCUT2D eigenvalue weighted by Crippen LogP contribution is -2.10. The molecular formula is C13H18N6. The van der Waals surface area contributed by atoms with E-state index in [1.165, 1.54) is 0 Å². The minimum Gasteiger partial charge on any atom is -0.347 e. The Kier molecular flexibility index (Phi) is 4.33. The SMILES string of the molecule is CCc1nnc(NCc2ccnc(C)n2)nc1CC. The molecule has 2 aromatic rings. The Labute approximate surface area is 112 Å². The number of nitrogens with zero attached hydrogens (tertiary/aromatic N) is 5. The van der Waals surface area contributed by atoms with Gasteiger partial charge < -0.3 is 5.32 Å². The van der Waals surface area contributed by atoms with Gasteiger partial charge in [-0.15, -0.1) is 5.10 Å². The topological polar surface area (TPSA) is 76.5 Å². The predicted molar refractivity (Wildman–Crippen MR) is 72.7 cm³/mol. The smallest absolute Gasteiger partial charge is 0.243 e. The molecule has 0 atom stereocenters. The van der Waals surface area contributed by atoms with Gasteiger partial charge in [0.05, 0.1) is 23.6 Å². The molecule has 6 heteroatoms. The monoisotopic (exact) mass is 258 g/mol. The zero-order valence-electron chi connectivity index (χ0n) is 11.5. The molecule has 0 bridgehead atoms. The first kappa shape index (κ1) is 13.3. The van der Waals surface area contributed by atoms with Gasteiger partial charge >= 0.3 is 0 Å². The van der Waals surface area contributed by atoms with Crippen LogP contribution in [0.5, 0.6) is 0 Å². The fourth-order valence-corrected chi connectivity index (χ4v) is 1.79. The van der Waals surface area contributed by atoms with E-state index >= 15 is 0 Å². The van der Waals surface area contributed by atoms with Crippen molar-refractivity contribution in [2.75, 3.05) is 5.32 Å². The summed E-state index contributed by atoms with van der Waals surface area (Å²) in [5.74, 6) is 1.30. The molecule has 19 heavy (non-hydrogen) atoms. The molecule has 0 saturated heterocycles. The van der Waals surface area contributed by atoms with Crippen molar-refractivity contribution in [3.05, 3.63) is 35.2 Å². The van der Waals surface area contributed by atoms with Crippen LogP contribution < -0.4 is 5.32 Å². The van der Waals surface area contributed by atoms with Gasteiger partial charge in [-0.25, -0.2) is 15.0 Å². The molecule has 2 heterocycles. The van der Waals surface area contributed by atoms with Gasteiger partial charge in [-0.3, -0.25) is 0 Å². The fraction of sp³-hybridized carbons (Fsp3) is 0.462. The van der Waals surface area contributed by atoms with Gasteiger partial charge in [-0.05, 0) is 25.8 Å². The number of nitrogens with one attached hydrogen (secondary N) is 1. The van der Waals surface area contributed by atoms with Gasteiger partial charge in [-0.2, -0.15) is 5.10 Å². The Bertz CT molecular complexity index is 555. The quantitative estimate of drug-likeness (QED) is 0.879. The van der Waals surface area contributed by atoms with Crippen LogP contribution in [-0.4, -0.2) is 25.1 Å². The summed E-state index contributed by atoms with van der Waals surface area (Å²) in [6.45, 7) is 6.56. The van der Waals surface area contributed by atoms with E-state index < -0.39 is 0 Å². The second-order valence-corrected chi connectivity index (χ2v) is 4.18. The molecule has 0 saturated carbocycles. The predicted octanol–water partition coefficient (Wildman–Crippen LogP) is 1.71. The first-order valence-electron chi connectivity index (χ1n) is 6.47. The molecule has 2 rings (SSSR count). The third-order valence-corrected chi connectivity index (χ3v) is 2.77. The Balaban J connectivity index is 2.07. The zero-order chi connectivity index (χ0) is 13.7. The normalized spacial score (nSPS) is 10.5. The molecule has 100 valence electrons. The van der Waals surface area contributed by atoms with Crippen molar-refractivity contribution in [1.82, 2.24) is 25.1 Å². The molecule has 1 N–H and O–H groups in total. The maximum absolute atomic E-state index is 4.47. The van der Waals surface area contributed by atoms with Gasteiger partial charge in [-0.1, -0.05) is 13.8 Å². The largest absolute Gasteiger partial charge is 0.347 e. The van der Waals surface area contributed by atoms with Crippen molar-refractivity contribution >= 4 is 5.95 Å². The molecule has 0 aliphatic carbocycles. The summed E-state index contributed by atoms with van der Waals surface area (Å²) in [6.07, 6.45) is 3.46. The van der Waals surface area contributed by atoms with Crippen LogP contribution in [0.15, 0.2) is 12.3 Å². The van der Waals surface area contributed by atoms with Gasteiger partial charge in [0.2, 0.25) is 5.95 Å². The van der Waals surface area contributed by atoms with Gasteiger partial charge in [0.1, 0.15) is 5.82 Å². The highest BCUT2D eigenvalue weighted by atomic mass is 15.2. The number of aryl methyl sites for hydroxylation is 3. The third kappa shape index (κ3) is 3.43. The number of rotatable bonds is 5. The van der Waals surface area contributed by atoms with Crippen LogP contribution in [0.4, 0.5) is 5.95 Å². The molecule has 0 unspecified atom stereocenters. The third-order valence-electron chi connectivity index (χ3n) is 2.77. The molecular weight excluding hydrogens is 240 g/mol. The first-order chi connectivity index (χ1) is 9.22. The summed E-state index contributed by atoms with van der Waals surface area (Å²) in [4.78, 5) is 12.8. The maximum atomic E-state index is 4.47. The number of aromatic nitrogens is 5. The second-order valence-electron chi connectivity index (χ2n) is 4.18. The van der Waals surface area contributed by atoms with Crippen LogP contribution in [0, 0.1) is 6.92 Å². The molecule has 0 spiro atoms. The summed E-state index contributed by atoms with van der Waals surface area (Å²) in [7, 11) is 0. The Morgan fingerprint density at radius 2 is 1.84 bits per heavy atom. The van der Waals surface area contributed by atoms with E-state index in [2.05, 4.69) is 44.3 Å². The minimum absolute atomic E-state index is 0.547. The minimum atomic E-state index is 0.547. The van der Waals surface area contributed by atoms with Crippen LogP contribution >= 0.6 is 0 Å². The highest BCUT2D eigenvalue weighted by Crippen LogP contribution is 2.07. The molecule has 0 amide bonds. The number of hydrogen-bond acceptors (Lipinski definition) is 6. The van der Waals surface area contributed by atoms with E-state index in [1.807, 2.05) is 13.0 Å². The van der Waals surface area contributed by atoms with E-state index in [0.717, 1.165) is 35.7 Å². The lowest BCUT2D eigenvalue weighted by molar-refractivity contribution is 0.816. The van der Waals surface area contributed by atoms with E-state index in [0.29, 0.717) is 12.5 Å². The van der Waals surface area contributed by atoms with Gasteiger partial charge in [0, 0.05) is 6.20 Å². The molecule has 0 aliphatic heterocycles. The van der Waals surface area contributed by atoms with Crippen LogP contribution in [0.2, 0.25) is 0 Å². The van der Waals surface area contributed by atoms with Crippen molar-refractivity contribution in [3.8, 4) is 0 Å². The highest BCUT2D eigenvalue weighted by Gasteiger charge is 2.06. The van der Waals surface area contributed by atoms with Crippen molar-refractivity contribution in [1.29, 1.82) is 0 Å². The second kappa shape index (κ2) is 6.17. The molecule has 0 fully saturated rings. The van der Waals surface area contributed by atoms with Crippen molar-refractivity contribution in [2.45, 2.75) is 40.2 Å². The van der Waals surface area contributed by atoms with Crippen molar-refractivity contribution in [2.24, 2.45) is 0 Å². The molecule has 0 radical (unpaired) electrons. The number of hydrogen-bond donors (Lipinski definition) is 1. The van der Waals surface area contributed by atoms with Gasteiger partial charge in [0.25, 0.3) is 0 Å². The van der Waals surface area contributed by atoms with Gasteiger partial charge in [0.15, 0.2) is 0 Å². The fourth-order valence-electron chi connectivity index (χ4n) is 1.79. The van der Waals surface area contributed by atoms with Crippen LogP contribution in [0.1, 0.15) is 36.8 Å². The molecule has 6 nitrogen and oxygen atoms in total. The van der Waals surface area contributed by atoms with E-state index in [9.17, 15) is 0 Å². The van der Waals surface area contributed by atoms with Crippen LogP contribution in [0.3, 0.4) is 0 Å². The lowest BCUT2D eigenvalue weighted by atomic mass is 10.2. The molecule has 2 aromatic heterocycles. The lowest BCUT2D eigenvalue weighted by Gasteiger charge is -2.07. The Morgan fingerprint density at radius 1 is 1.05 bits per heavy atom. The van der Waals surface area contributed by atoms with Crippen molar-refractivity contribution in [3.63, 3.8) is 0 Å². The Morgan fingerprint density at radius 3 is 2.53 bits per heavy atom. The van der Waals surface area contributed by atoms with Crippen molar-refractivity contribution < 1.29 is 0 Å². The first-order valence-corrected chi connectivity index (χ1v) is 6.47. The molecule has 0 aliphatic rings.